The maximum Gasteiger partial charge on any atom is 0.259 e. The van der Waals surface area contributed by atoms with Crippen molar-refractivity contribution in [2.75, 3.05) is 25.5 Å². The van der Waals surface area contributed by atoms with E-state index >= 15 is 0 Å². The largest absolute Gasteiger partial charge is 0.496 e. The number of anilines is 1. The molecule has 6 nitrogen and oxygen atoms in total. The Kier molecular flexibility index (Phi) is 7.79. The maximum absolute atomic E-state index is 12.9. The lowest BCUT2D eigenvalue weighted by Crippen LogP contribution is -2.32. The number of ether oxygens (including phenoxy) is 1. The third-order valence-corrected chi connectivity index (χ3v) is 4.88. The van der Waals surface area contributed by atoms with Crippen molar-refractivity contribution in [1.29, 1.82) is 0 Å². The zero-order valence-electron chi connectivity index (χ0n) is 17.6. The molecule has 3 aromatic rings. The summed E-state index contributed by atoms with van der Waals surface area (Å²) in [5.41, 5.74) is 8.42. The Labute approximate surface area is 182 Å². The highest BCUT2D eigenvalue weighted by Crippen LogP contribution is 2.20. The molecule has 3 N–H and O–H groups in total. The molecule has 0 aliphatic rings. The number of nitrogens with zero attached hydrogens (tertiary/aromatic N) is 1. The molecular weight excluding hydrogens is 390 g/mol. The van der Waals surface area contributed by atoms with Crippen molar-refractivity contribution in [3.05, 3.63) is 95.6 Å². The smallest absolute Gasteiger partial charge is 0.259 e. The lowest BCUT2D eigenvalue weighted by Gasteiger charge is -2.23. The number of nitrogens with one attached hydrogen (secondary N) is 1. The summed E-state index contributed by atoms with van der Waals surface area (Å²) in [7, 11) is 1.54. The second-order valence-electron chi connectivity index (χ2n) is 7.09. The molecule has 0 unspecified atom stereocenters. The Hall–Kier alpha value is -3.64. The second-order valence-corrected chi connectivity index (χ2v) is 7.09. The molecule has 160 valence electrons. The van der Waals surface area contributed by atoms with E-state index in [4.69, 9.17) is 10.5 Å². The van der Waals surface area contributed by atoms with Crippen molar-refractivity contribution < 1.29 is 14.3 Å². The summed E-state index contributed by atoms with van der Waals surface area (Å²) >= 11 is 0. The minimum atomic E-state index is -0.242. The zero-order chi connectivity index (χ0) is 22.1. The molecule has 31 heavy (non-hydrogen) atoms. The van der Waals surface area contributed by atoms with Crippen LogP contribution in [0.5, 0.6) is 5.75 Å². The third kappa shape index (κ3) is 5.93. The summed E-state index contributed by atoms with van der Waals surface area (Å²) in [6.45, 7) is 1.57. The van der Waals surface area contributed by atoms with E-state index in [1.807, 2.05) is 60.7 Å². The van der Waals surface area contributed by atoms with E-state index in [1.165, 1.54) is 7.11 Å². The number of hydrogen-bond donors (Lipinski definition) is 2. The average Bonchev–Trinajstić information content (AvgIpc) is 2.82. The van der Waals surface area contributed by atoms with E-state index in [0.29, 0.717) is 42.2 Å². The van der Waals surface area contributed by atoms with Crippen molar-refractivity contribution in [3.63, 3.8) is 0 Å². The third-order valence-electron chi connectivity index (χ3n) is 4.88. The van der Waals surface area contributed by atoms with E-state index < -0.39 is 0 Å². The van der Waals surface area contributed by atoms with Crippen LogP contribution in [0.15, 0.2) is 78.9 Å². The minimum Gasteiger partial charge on any atom is -0.496 e. The fourth-order valence-corrected chi connectivity index (χ4v) is 3.24. The monoisotopic (exact) mass is 417 g/mol. The Bertz CT molecular complexity index is 1000. The van der Waals surface area contributed by atoms with Crippen molar-refractivity contribution in [2.45, 2.75) is 13.0 Å². The molecule has 0 fully saturated rings. The second kappa shape index (κ2) is 10.9. The van der Waals surface area contributed by atoms with Crippen LogP contribution in [0.4, 0.5) is 5.69 Å². The molecule has 0 atom stereocenters. The number of amides is 2. The summed E-state index contributed by atoms with van der Waals surface area (Å²) < 4.78 is 5.25. The molecule has 0 aromatic heterocycles. The van der Waals surface area contributed by atoms with Crippen molar-refractivity contribution in [2.24, 2.45) is 5.73 Å². The van der Waals surface area contributed by atoms with Gasteiger partial charge in [0.2, 0.25) is 0 Å². The van der Waals surface area contributed by atoms with Gasteiger partial charge in [-0.05, 0) is 54.9 Å². The van der Waals surface area contributed by atoms with E-state index in [2.05, 4.69) is 5.32 Å². The van der Waals surface area contributed by atoms with Gasteiger partial charge >= 0.3 is 0 Å². The first-order valence-corrected chi connectivity index (χ1v) is 10.2. The van der Waals surface area contributed by atoms with Gasteiger partial charge in [-0.15, -0.1) is 0 Å². The Morgan fingerprint density at radius 2 is 1.61 bits per heavy atom. The normalized spacial score (nSPS) is 10.4. The molecule has 6 heteroatoms. The number of carbonyl (C=O) groups is 2. The summed E-state index contributed by atoms with van der Waals surface area (Å²) in [4.78, 5) is 27.3. The number of para-hydroxylation sites is 1. The van der Waals surface area contributed by atoms with Crippen molar-refractivity contribution in [1.82, 2.24) is 4.90 Å². The van der Waals surface area contributed by atoms with Gasteiger partial charge in [-0.2, -0.15) is 0 Å². The van der Waals surface area contributed by atoms with E-state index in [-0.39, 0.29) is 11.8 Å². The predicted molar refractivity (Wildman–Crippen MR) is 122 cm³/mol. The van der Waals surface area contributed by atoms with Crippen LogP contribution < -0.4 is 15.8 Å². The van der Waals surface area contributed by atoms with Gasteiger partial charge in [0.1, 0.15) is 5.75 Å². The molecule has 3 aromatic carbocycles. The van der Waals surface area contributed by atoms with Gasteiger partial charge in [-0.1, -0.05) is 42.5 Å². The first-order valence-electron chi connectivity index (χ1n) is 10.2. The van der Waals surface area contributed by atoms with Gasteiger partial charge < -0.3 is 20.7 Å². The summed E-state index contributed by atoms with van der Waals surface area (Å²) in [5.74, 6) is 0.253. The van der Waals surface area contributed by atoms with Gasteiger partial charge in [0.05, 0.1) is 12.7 Å². The van der Waals surface area contributed by atoms with Crippen LogP contribution in [0, 0.1) is 0 Å². The van der Waals surface area contributed by atoms with E-state index in [0.717, 1.165) is 12.0 Å². The highest BCUT2D eigenvalue weighted by atomic mass is 16.5. The fraction of sp³-hybridized carbons (Fsp3) is 0.200. The molecular formula is C25H27N3O3. The van der Waals surface area contributed by atoms with Crippen LogP contribution in [0.1, 0.15) is 32.7 Å². The first-order chi connectivity index (χ1) is 15.1. The zero-order valence-corrected chi connectivity index (χ0v) is 17.6. The van der Waals surface area contributed by atoms with Gasteiger partial charge in [-0.3, -0.25) is 9.59 Å². The van der Waals surface area contributed by atoms with Crippen LogP contribution in [0.3, 0.4) is 0 Å². The molecule has 0 bridgehead atoms. The lowest BCUT2D eigenvalue weighted by molar-refractivity contribution is 0.0742. The summed E-state index contributed by atoms with van der Waals surface area (Å²) in [6.07, 6.45) is 0.728. The number of benzene rings is 3. The van der Waals surface area contributed by atoms with Crippen LogP contribution in [-0.2, 0) is 6.54 Å². The van der Waals surface area contributed by atoms with E-state index in [9.17, 15) is 9.59 Å². The number of rotatable bonds is 9. The maximum atomic E-state index is 12.9. The van der Waals surface area contributed by atoms with Crippen LogP contribution in [0.2, 0.25) is 0 Å². The lowest BCUT2D eigenvalue weighted by atomic mass is 10.1. The minimum absolute atomic E-state index is 0.0254. The molecule has 0 saturated carbocycles. The molecule has 0 aliphatic heterocycles. The topological polar surface area (TPSA) is 84.7 Å². The average molecular weight is 418 g/mol. The molecule has 0 aliphatic carbocycles. The number of carbonyl (C=O) groups excluding carboxylic acids is 2. The molecule has 0 heterocycles. The SMILES string of the molecule is COc1ccccc1C(=O)Nc1ccc(CN(CCCN)C(=O)c2ccccc2)cc1. The van der Waals surface area contributed by atoms with E-state index in [1.54, 1.807) is 23.1 Å². The Morgan fingerprint density at radius 3 is 2.29 bits per heavy atom. The first kappa shape index (κ1) is 22.1. The Morgan fingerprint density at radius 1 is 0.935 bits per heavy atom. The Balaban J connectivity index is 1.69. The highest BCUT2D eigenvalue weighted by molar-refractivity contribution is 6.06. The molecule has 0 saturated heterocycles. The van der Waals surface area contributed by atoms with Gasteiger partial charge in [-0.25, -0.2) is 0 Å². The van der Waals surface area contributed by atoms with Crippen LogP contribution >= 0.6 is 0 Å². The molecule has 3 rings (SSSR count). The number of methoxy groups -OCH3 is 1. The standard InChI is InChI=1S/C25H27N3O3/c1-31-23-11-6-5-10-22(23)24(29)27-21-14-12-19(13-15-21)18-28(17-7-16-26)25(30)20-8-3-2-4-9-20/h2-6,8-15H,7,16-18,26H2,1H3,(H,27,29). The summed E-state index contributed by atoms with van der Waals surface area (Å²) in [5, 5.41) is 2.88. The van der Waals surface area contributed by atoms with Gasteiger partial charge in [0.25, 0.3) is 11.8 Å². The van der Waals surface area contributed by atoms with Crippen LogP contribution in [0.25, 0.3) is 0 Å². The van der Waals surface area contributed by atoms with Gasteiger partial charge in [0.15, 0.2) is 0 Å². The molecule has 2 amide bonds. The quantitative estimate of drug-likeness (QED) is 0.552. The fourth-order valence-electron chi connectivity index (χ4n) is 3.24. The van der Waals surface area contributed by atoms with Gasteiger partial charge in [0, 0.05) is 24.3 Å². The molecule has 0 spiro atoms. The number of nitrogens with two attached hydrogens (primary N) is 1. The highest BCUT2D eigenvalue weighted by Gasteiger charge is 2.16. The van der Waals surface area contributed by atoms with Crippen molar-refractivity contribution in [3.8, 4) is 5.75 Å². The number of hydrogen-bond acceptors (Lipinski definition) is 4. The molecule has 0 radical (unpaired) electrons. The summed E-state index contributed by atoms with van der Waals surface area (Å²) in [6, 6.07) is 23.8. The van der Waals surface area contributed by atoms with Crippen molar-refractivity contribution >= 4 is 17.5 Å². The predicted octanol–water partition coefficient (Wildman–Crippen LogP) is 3.94. The van der Waals surface area contributed by atoms with Crippen LogP contribution in [-0.4, -0.2) is 36.9 Å².